The summed E-state index contributed by atoms with van der Waals surface area (Å²) >= 11 is 0. The number of nitrogens with zero attached hydrogens (tertiary/aromatic N) is 1. The summed E-state index contributed by atoms with van der Waals surface area (Å²) in [5.41, 5.74) is 3.59. The summed E-state index contributed by atoms with van der Waals surface area (Å²) < 4.78 is 5.38. The van der Waals surface area contributed by atoms with Crippen LogP contribution in [0.5, 0.6) is 0 Å². The fraction of sp³-hybridized carbons (Fsp3) is 0.375. The van der Waals surface area contributed by atoms with E-state index in [4.69, 9.17) is 4.74 Å². The van der Waals surface area contributed by atoms with E-state index in [1.54, 1.807) is 0 Å². The molecule has 1 aromatic heterocycles. The third-order valence-corrected chi connectivity index (χ3v) is 5.67. The van der Waals surface area contributed by atoms with E-state index in [1.807, 2.05) is 12.1 Å². The SMILES string of the molecule is O=C(CC(Cc1ccccc1)c1c[nH]c2ccccc12)NCCN1CCOCC1. The summed E-state index contributed by atoms with van der Waals surface area (Å²) in [5.74, 6) is 0.251. The van der Waals surface area contributed by atoms with Gasteiger partial charge >= 0.3 is 0 Å². The molecule has 2 heterocycles. The van der Waals surface area contributed by atoms with E-state index in [2.05, 4.69) is 63.9 Å². The van der Waals surface area contributed by atoms with Gasteiger partial charge in [-0.3, -0.25) is 9.69 Å². The van der Waals surface area contributed by atoms with Crippen molar-refractivity contribution in [1.82, 2.24) is 15.2 Å². The second kappa shape index (κ2) is 9.72. The van der Waals surface area contributed by atoms with Crippen LogP contribution in [-0.4, -0.2) is 55.2 Å². The van der Waals surface area contributed by atoms with E-state index in [9.17, 15) is 4.79 Å². The van der Waals surface area contributed by atoms with Crippen LogP contribution in [-0.2, 0) is 16.0 Å². The average molecular weight is 392 g/mol. The molecule has 1 fully saturated rings. The first-order valence-electron chi connectivity index (χ1n) is 10.5. The maximum atomic E-state index is 12.8. The number of amides is 1. The standard InChI is InChI=1S/C24H29N3O2/c28-24(25-10-11-27-12-14-29-15-13-27)17-20(16-19-6-2-1-3-7-19)22-18-26-23-9-5-4-8-21(22)23/h1-9,18,20,26H,10-17H2,(H,25,28). The molecule has 2 aromatic carbocycles. The van der Waals surface area contributed by atoms with Gasteiger partial charge in [0, 0.05) is 49.7 Å². The Morgan fingerprint density at radius 1 is 1.07 bits per heavy atom. The molecule has 3 aromatic rings. The highest BCUT2D eigenvalue weighted by Crippen LogP contribution is 2.30. The van der Waals surface area contributed by atoms with Crippen LogP contribution < -0.4 is 5.32 Å². The molecule has 152 valence electrons. The van der Waals surface area contributed by atoms with E-state index < -0.39 is 0 Å². The molecule has 1 atom stereocenters. The van der Waals surface area contributed by atoms with E-state index in [-0.39, 0.29) is 11.8 Å². The van der Waals surface area contributed by atoms with Crippen molar-refractivity contribution < 1.29 is 9.53 Å². The molecule has 0 radical (unpaired) electrons. The van der Waals surface area contributed by atoms with Gasteiger partial charge in [0.1, 0.15) is 0 Å². The third kappa shape index (κ3) is 5.25. The number of carbonyl (C=O) groups excluding carboxylic acids is 1. The highest BCUT2D eigenvalue weighted by molar-refractivity contribution is 5.85. The number of fused-ring (bicyclic) bond motifs is 1. The number of aromatic nitrogens is 1. The molecule has 1 saturated heterocycles. The molecule has 0 aliphatic carbocycles. The molecule has 1 unspecified atom stereocenters. The molecule has 5 nitrogen and oxygen atoms in total. The first kappa shape index (κ1) is 19.7. The average Bonchev–Trinajstić information content (AvgIpc) is 3.19. The van der Waals surface area contributed by atoms with Crippen LogP contribution in [0.3, 0.4) is 0 Å². The van der Waals surface area contributed by atoms with E-state index >= 15 is 0 Å². The van der Waals surface area contributed by atoms with Gasteiger partial charge in [0.15, 0.2) is 0 Å². The first-order chi connectivity index (χ1) is 14.3. The van der Waals surface area contributed by atoms with E-state index in [1.165, 1.54) is 16.5 Å². The monoisotopic (exact) mass is 391 g/mol. The fourth-order valence-electron chi connectivity index (χ4n) is 4.10. The molecule has 1 aliphatic rings. The zero-order valence-electron chi connectivity index (χ0n) is 16.8. The predicted molar refractivity (Wildman–Crippen MR) is 116 cm³/mol. The summed E-state index contributed by atoms with van der Waals surface area (Å²) in [6.45, 7) is 5.03. The highest BCUT2D eigenvalue weighted by atomic mass is 16.5. The molecule has 1 aliphatic heterocycles. The number of benzene rings is 2. The van der Waals surface area contributed by atoms with Crippen LogP contribution in [0.4, 0.5) is 0 Å². The van der Waals surface area contributed by atoms with Crippen LogP contribution >= 0.6 is 0 Å². The summed E-state index contributed by atoms with van der Waals surface area (Å²) in [5, 5.41) is 4.33. The summed E-state index contributed by atoms with van der Waals surface area (Å²) in [6.07, 6.45) is 3.40. The van der Waals surface area contributed by atoms with Gasteiger partial charge in [-0.1, -0.05) is 48.5 Å². The second-order valence-electron chi connectivity index (χ2n) is 7.68. The van der Waals surface area contributed by atoms with Gasteiger partial charge in [-0.05, 0) is 29.5 Å². The lowest BCUT2D eigenvalue weighted by atomic mass is 9.88. The van der Waals surface area contributed by atoms with Gasteiger partial charge < -0.3 is 15.0 Å². The van der Waals surface area contributed by atoms with Gasteiger partial charge in [0.25, 0.3) is 0 Å². The second-order valence-corrected chi connectivity index (χ2v) is 7.68. The van der Waals surface area contributed by atoms with Gasteiger partial charge in [-0.15, -0.1) is 0 Å². The van der Waals surface area contributed by atoms with Crippen molar-refractivity contribution in [1.29, 1.82) is 0 Å². The molecule has 0 saturated carbocycles. The van der Waals surface area contributed by atoms with Crippen LogP contribution in [0, 0.1) is 0 Å². The minimum atomic E-state index is 0.115. The number of H-pyrrole nitrogens is 1. The largest absolute Gasteiger partial charge is 0.379 e. The van der Waals surface area contributed by atoms with Gasteiger partial charge in [0.05, 0.1) is 13.2 Å². The number of morpholine rings is 1. The number of hydrogen-bond donors (Lipinski definition) is 2. The van der Waals surface area contributed by atoms with Crippen molar-refractivity contribution >= 4 is 16.8 Å². The molecule has 1 amide bonds. The molecular formula is C24H29N3O2. The van der Waals surface area contributed by atoms with E-state index in [0.717, 1.165) is 44.8 Å². The van der Waals surface area contributed by atoms with Crippen LogP contribution in [0.1, 0.15) is 23.5 Å². The number of para-hydroxylation sites is 1. The Morgan fingerprint density at radius 2 is 1.83 bits per heavy atom. The molecule has 5 heteroatoms. The van der Waals surface area contributed by atoms with Gasteiger partial charge in [-0.25, -0.2) is 0 Å². The Kier molecular flexibility index (Phi) is 6.60. The molecule has 2 N–H and O–H groups in total. The highest BCUT2D eigenvalue weighted by Gasteiger charge is 2.20. The zero-order chi connectivity index (χ0) is 19.9. The van der Waals surface area contributed by atoms with Gasteiger partial charge in [-0.2, -0.15) is 0 Å². The van der Waals surface area contributed by atoms with Crippen molar-refractivity contribution in [2.24, 2.45) is 0 Å². The van der Waals surface area contributed by atoms with Gasteiger partial charge in [0.2, 0.25) is 5.91 Å². The lowest BCUT2D eigenvalue weighted by Gasteiger charge is -2.26. The number of rotatable bonds is 8. The Labute approximate surface area is 172 Å². The summed E-state index contributed by atoms with van der Waals surface area (Å²) in [6, 6.07) is 18.7. The van der Waals surface area contributed by atoms with Crippen molar-refractivity contribution in [2.75, 3.05) is 39.4 Å². The van der Waals surface area contributed by atoms with Crippen molar-refractivity contribution in [3.63, 3.8) is 0 Å². The molecule has 0 bridgehead atoms. The quantitative estimate of drug-likeness (QED) is 0.619. The Bertz CT molecular complexity index is 916. The van der Waals surface area contributed by atoms with E-state index in [0.29, 0.717) is 13.0 Å². The number of ether oxygens (including phenoxy) is 1. The fourth-order valence-corrected chi connectivity index (χ4v) is 4.10. The first-order valence-corrected chi connectivity index (χ1v) is 10.5. The summed E-state index contributed by atoms with van der Waals surface area (Å²) in [7, 11) is 0. The number of hydrogen-bond acceptors (Lipinski definition) is 3. The smallest absolute Gasteiger partial charge is 0.220 e. The molecule has 0 spiro atoms. The Morgan fingerprint density at radius 3 is 2.66 bits per heavy atom. The minimum Gasteiger partial charge on any atom is -0.379 e. The van der Waals surface area contributed by atoms with Crippen LogP contribution in [0.25, 0.3) is 10.9 Å². The predicted octanol–water partition coefficient (Wildman–Crippen LogP) is 3.33. The maximum absolute atomic E-state index is 12.8. The Balaban J connectivity index is 1.43. The number of carbonyl (C=O) groups is 1. The molecule has 29 heavy (non-hydrogen) atoms. The van der Waals surface area contributed by atoms with Crippen LogP contribution in [0.15, 0.2) is 60.8 Å². The number of aromatic amines is 1. The van der Waals surface area contributed by atoms with Crippen molar-refractivity contribution in [3.05, 3.63) is 71.9 Å². The minimum absolute atomic E-state index is 0.115. The normalized spacial score (nSPS) is 16.0. The molecular weight excluding hydrogens is 362 g/mol. The van der Waals surface area contributed by atoms with Crippen molar-refractivity contribution in [2.45, 2.75) is 18.8 Å². The summed E-state index contributed by atoms with van der Waals surface area (Å²) in [4.78, 5) is 18.5. The maximum Gasteiger partial charge on any atom is 0.220 e. The topological polar surface area (TPSA) is 57.4 Å². The lowest BCUT2D eigenvalue weighted by molar-refractivity contribution is -0.121. The lowest BCUT2D eigenvalue weighted by Crippen LogP contribution is -2.41. The number of nitrogens with one attached hydrogen (secondary N) is 2. The zero-order valence-corrected chi connectivity index (χ0v) is 16.8. The third-order valence-electron chi connectivity index (χ3n) is 5.67. The van der Waals surface area contributed by atoms with Crippen LogP contribution in [0.2, 0.25) is 0 Å². The Hall–Kier alpha value is -2.63. The molecule has 4 rings (SSSR count). The van der Waals surface area contributed by atoms with Crippen molar-refractivity contribution in [3.8, 4) is 0 Å².